The number of hydrogen-bond donors (Lipinski definition) is 3. The normalized spacial score (nSPS) is 12.3. The standard InChI is InChI=1S/C19H28N6O4/c1-19(2,3)29-18(28)20-15(11-7-8-12-26)16(27)21-17-22-23-24-25(17)13-14-9-5-4-6-10-14/h4-6,9-10,15,26H,7-8,11-13H2,1-3H3,(H,20,28)(H,21,22,24,27)/t15-/m0/s1. The first-order chi connectivity index (χ1) is 13.8. The van der Waals surface area contributed by atoms with Crippen LogP contribution in [0.15, 0.2) is 30.3 Å². The number of rotatable bonds is 9. The number of ether oxygens (including phenoxy) is 1. The van der Waals surface area contributed by atoms with Crippen molar-refractivity contribution in [3.05, 3.63) is 35.9 Å². The average Bonchev–Trinajstić information content (AvgIpc) is 3.07. The lowest BCUT2D eigenvalue weighted by Crippen LogP contribution is -2.46. The molecular weight excluding hydrogens is 376 g/mol. The van der Waals surface area contributed by atoms with Crippen LogP contribution in [0.4, 0.5) is 10.7 Å². The number of aliphatic hydroxyl groups is 1. The van der Waals surface area contributed by atoms with Gasteiger partial charge in [-0.15, -0.1) is 0 Å². The van der Waals surface area contributed by atoms with Crippen molar-refractivity contribution in [1.82, 2.24) is 25.5 Å². The van der Waals surface area contributed by atoms with Gasteiger partial charge in [-0.05, 0) is 56.0 Å². The van der Waals surface area contributed by atoms with Crippen molar-refractivity contribution in [3.63, 3.8) is 0 Å². The largest absolute Gasteiger partial charge is 0.444 e. The van der Waals surface area contributed by atoms with Crippen molar-refractivity contribution >= 4 is 17.9 Å². The molecule has 0 aliphatic carbocycles. The van der Waals surface area contributed by atoms with Gasteiger partial charge in [-0.1, -0.05) is 35.4 Å². The van der Waals surface area contributed by atoms with Crippen LogP contribution in [0, 0.1) is 0 Å². The third kappa shape index (κ3) is 7.86. The Kier molecular flexibility index (Phi) is 8.08. The number of amides is 2. The number of alkyl carbamates (subject to hydrolysis) is 1. The Balaban J connectivity index is 2.05. The molecule has 0 unspecified atom stereocenters. The van der Waals surface area contributed by atoms with Crippen molar-refractivity contribution in [2.24, 2.45) is 0 Å². The van der Waals surface area contributed by atoms with Gasteiger partial charge in [0.15, 0.2) is 0 Å². The van der Waals surface area contributed by atoms with Crippen LogP contribution in [0.1, 0.15) is 45.6 Å². The maximum atomic E-state index is 12.8. The third-order valence-corrected chi connectivity index (χ3v) is 3.85. The molecule has 2 aromatic rings. The number of nitrogens with one attached hydrogen (secondary N) is 2. The predicted octanol–water partition coefficient (Wildman–Crippen LogP) is 1.72. The summed E-state index contributed by atoms with van der Waals surface area (Å²) in [6.45, 7) is 5.62. The molecule has 2 rings (SSSR count). The molecule has 0 aliphatic rings. The number of aliphatic hydroxyl groups excluding tert-OH is 1. The van der Waals surface area contributed by atoms with Crippen LogP contribution in [-0.2, 0) is 16.1 Å². The van der Waals surface area contributed by atoms with E-state index in [0.29, 0.717) is 25.8 Å². The molecule has 1 heterocycles. The van der Waals surface area contributed by atoms with Gasteiger partial charge < -0.3 is 15.2 Å². The molecule has 10 nitrogen and oxygen atoms in total. The Hall–Kier alpha value is -3.01. The highest BCUT2D eigenvalue weighted by molar-refractivity contribution is 5.95. The van der Waals surface area contributed by atoms with Crippen LogP contribution in [0.3, 0.4) is 0 Å². The average molecular weight is 404 g/mol. The molecule has 29 heavy (non-hydrogen) atoms. The molecular formula is C19H28N6O4. The Labute approximate surface area is 169 Å². The fourth-order valence-electron chi connectivity index (χ4n) is 2.53. The topological polar surface area (TPSA) is 131 Å². The molecule has 0 radical (unpaired) electrons. The monoisotopic (exact) mass is 404 g/mol. The van der Waals surface area contributed by atoms with E-state index in [4.69, 9.17) is 9.84 Å². The zero-order valence-corrected chi connectivity index (χ0v) is 17.0. The number of carbonyl (C=O) groups excluding carboxylic acids is 2. The number of hydrogen-bond acceptors (Lipinski definition) is 7. The smallest absolute Gasteiger partial charge is 0.408 e. The summed E-state index contributed by atoms with van der Waals surface area (Å²) in [5.41, 5.74) is 0.289. The lowest BCUT2D eigenvalue weighted by Gasteiger charge is -2.23. The number of anilines is 1. The minimum Gasteiger partial charge on any atom is -0.444 e. The van der Waals surface area contributed by atoms with Gasteiger partial charge in [0.2, 0.25) is 11.9 Å². The molecule has 1 aromatic carbocycles. The second-order valence-electron chi connectivity index (χ2n) is 7.55. The van der Waals surface area contributed by atoms with E-state index in [0.717, 1.165) is 5.56 Å². The summed E-state index contributed by atoms with van der Waals surface area (Å²) in [7, 11) is 0. The van der Waals surface area contributed by atoms with E-state index in [2.05, 4.69) is 26.2 Å². The van der Waals surface area contributed by atoms with Gasteiger partial charge in [-0.2, -0.15) is 0 Å². The second-order valence-corrected chi connectivity index (χ2v) is 7.55. The zero-order chi connectivity index (χ0) is 21.3. The number of aromatic nitrogens is 4. The first kappa shape index (κ1) is 22.3. The molecule has 1 aromatic heterocycles. The number of unbranched alkanes of at least 4 members (excludes halogenated alkanes) is 1. The lowest BCUT2D eigenvalue weighted by molar-refractivity contribution is -0.118. The van der Waals surface area contributed by atoms with E-state index in [1.807, 2.05) is 30.3 Å². The van der Waals surface area contributed by atoms with Gasteiger partial charge >= 0.3 is 6.09 Å². The summed E-state index contributed by atoms with van der Waals surface area (Å²) in [5.74, 6) is -0.282. The third-order valence-electron chi connectivity index (χ3n) is 3.85. The number of tetrazole rings is 1. The Morgan fingerprint density at radius 2 is 1.93 bits per heavy atom. The van der Waals surface area contributed by atoms with Gasteiger partial charge in [0.25, 0.3) is 0 Å². The maximum Gasteiger partial charge on any atom is 0.408 e. The highest BCUT2D eigenvalue weighted by Crippen LogP contribution is 2.11. The highest BCUT2D eigenvalue weighted by Gasteiger charge is 2.25. The van der Waals surface area contributed by atoms with Crippen molar-refractivity contribution in [1.29, 1.82) is 0 Å². The van der Waals surface area contributed by atoms with E-state index in [9.17, 15) is 9.59 Å². The molecule has 10 heteroatoms. The summed E-state index contributed by atoms with van der Waals surface area (Å²) in [5, 5.41) is 25.6. The molecule has 0 saturated heterocycles. The second kappa shape index (κ2) is 10.5. The summed E-state index contributed by atoms with van der Waals surface area (Å²) >= 11 is 0. The zero-order valence-electron chi connectivity index (χ0n) is 17.0. The molecule has 0 spiro atoms. The molecule has 1 atom stereocenters. The van der Waals surface area contributed by atoms with Crippen molar-refractivity contribution in [3.8, 4) is 0 Å². The van der Waals surface area contributed by atoms with Gasteiger partial charge in [-0.3, -0.25) is 10.1 Å². The molecule has 2 amide bonds. The van der Waals surface area contributed by atoms with Gasteiger partial charge in [0.05, 0.1) is 6.54 Å². The van der Waals surface area contributed by atoms with Crippen LogP contribution >= 0.6 is 0 Å². The summed E-state index contributed by atoms with van der Waals surface area (Å²) < 4.78 is 6.70. The first-order valence-electron chi connectivity index (χ1n) is 9.50. The van der Waals surface area contributed by atoms with Crippen LogP contribution in [0.2, 0.25) is 0 Å². The van der Waals surface area contributed by atoms with Gasteiger partial charge in [0.1, 0.15) is 11.6 Å². The number of carbonyl (C=O) groups is 2. The van der Waals surface area contributed by atoms with Crippen LogP contribution in [0.5, 0.6) is 0 Å². The van der Waals surface area contributed by atoms with Gasteiger partial charge in [0, 0.05) is 6.61 Å². The minimum absolute atomic E-state index is 0.0100. The molecule has 0 bridgehead atoms. The van der Waals surface area contributed by atoms with E-state index in [-0.39, 0.29) is 12.6 Å². The van der Waals surface area contributed by atoms with Crippen molar-refractivity contribution in [2.45, 2.75) is 58.2 Å². The van der Waals surface area contributed by atoms with E-state index < -0.39 is 23.6 Å². The minimum atomic E-state index is -0.849. The van der Waals surface area contributed by atoms with E-state index in [1.165, 1.54) is 4.68 Å². The summed E-state index contributed by atoms with van der Waals surface area (Å²) in [6, 6.07) is 8.72. The number of nitrogens with zero attached hydrogens (tertiary/aromatic N) is 4. The van der Waals surface area contributed by atoms with Crippen LogP contribution in [-0.4, -0.2) is 55.6 Å². The molecule has 0 saturated carbocycles. The predicted molar refractivity (Wildman–Crippen MR) is 106 cm³/mol. The lowest BCUT2D eigenvalue weighted by atomic mass is 10.1. The van der Waals surface area contributed by atoms with E-state index >= 15 is 0 Å². The van der Waals surface area contributed by atoms with Crippen LogP contribution < -0.4 is 10.6 Å². The van der Waals surface area contributed by atoms with Gasteiger partial charge in [-0.25, -0.2) is 9.48 Å². The summed E-state index contributed by atoms with van der Waals surface area (Å²) in [6.07, 6.45) is 0.724. The summed E-state index contributed by atoms with van der Waals surface area (Å²) in [4.78, 5) is 24.9. The Bertz CT molecular complexity index is 787. The highest BCUT2D eigenvalue weighted by atomic mass is 16.6. The Morgan fingerprint density at radius 1 is 1.21 bits per heavy atom. The maximum absolute atomic E-state index is 12.8. The first-order valence-corrected chi connectivity index (χ1v) is 9.50. The SMILES string of the molecule is CC(C)(C)OC(=O)N[C@@H](CCCCO)C(=O)Nc1nnnn1Cc1ccccc1. The molecule has 158 valence electrons. The van der Waals surface area contributed by atoms with Crippen LogP contribution in [0.25, 0.3) is 0 Å². The fraction of sp³-hybridized carbons (Fsp3) is 0.526. The molecule has 0 aliphatic heterocycles. The van der Waals surface area contributed by atoms with Crippen molar-refractivity contribution in [2.75, 3.05) is 11.9 Å². The van der Waals surface area contributed by atoms with E-state index in [1.54, 1.807) is 20.8 Å². The Morgan fingerprint density at radius 3 is 2.59 bits per heavy atom. The quantitative estimate of drug-likeness (QED) is 0.542. The molecule has 3 N–H and O–H groups in total. The fourth-order valence-corrected chi connectivity index (χ4v) is 2.53. The van der Waals surface area contributed by atoms with Crippen molar-refractivity contribution < 1.29 is 19.4 Å². The number of benzene rings is 1. The molecule has 0 fully saturated rings.